The van der Waals surface area contributed by atoms with E-state index in [0.29, 0.717) is 5.92 Å². The molecule has 0 aromatic rings. The zero-order valence-corrected chi connectivity index (χ0v) is 7.95. The van der Waals surface area contributed by atoms with E-state index in [1.807, 2.05) is 0 Å². The van der Waals surface area contributed by atoms with Gasteiger partial charge in [0.05, 0.1) is 18.6 Å². The Kier molecular flexibility index (Phi) is 2.06. The average molecular weight is 184 g/mol. The minimum Gasteiger partial charge on any atom is -0.469 e. The standard InChI is InChI=1S/C10H16O3/c1-13-9(12)10(4-5-10)7-2-3-8(11)6-7/h7-8,11H,2-6H2,1H3/t7-,8+/m0/s1. The number of ether oxygens (including phenoxy) is 1. The van der Waals surface area contributed by atoms with Gasteiger partial charge >= 0.3 is 5.97 Å². The minimum atomic E-state index is -0.202. The van der Waals surface area contributed by atoms with E-state index in [0.717, 1.165) is 32.1 Å². The second kappa shape index (κ2) is 2.98. The summed E-state index contributed by atoms with van der Waals surface area (Å²) in [5.74, 6) is 0.307. The molecule has 0 aliphatic heterocycles. The van der Waals surface area contributed by atoms with Crippen LogP contribution in [0.15, 0.2) is 0 Å². The molecule has 0 aromatic carbocycles. The zero-order chi connectivity index (χ0) is 9.47. The van der Waals surface area contributed by atoms with E-state index >= 15 is 0 Å². The van der Waals surface area contributed by atoms with Crippen molar-refractivity contribution in [1.29, 1.82) is 0 Å². The van der Waals surface area contributed by atoms with Crippen LogP contribution >= 0.6 is 0 Å². The highest BCUT2D eigenvalue weighted by Crippen LogP contribution is 2.57. The Morgan fingerprint density at radius 1 is 1.46 bits per heavy atom. The molecule has 13 heavy (non-hydrogen) atoms. The predicted molar refractivity (Wildman–Crippen MR) is 47.0 cm³/mol. The van der Waals surface area contributed by atoms with Gasteiger partial charge in [0, 0.05) is 0 Å². The molecule has 0 aromatic heterocycles. The van der Waals surface area contributed by atoms with Crippen LogP contribution in [0.4, 0.5) is 0 Å². The summed E-state index contributed by atoms with van der Waals surface area (Å²) in [6.45, 7) is 0. The molecule has 1 N–H and O–H groups in total. The van der Waals surface area contributed by atoms with E-state index in [9.17, 15) is 9.90 Å². The van der Waals surface area contributed by atoms with Gasteiger partial charge in [-0.05, 0) is 38.0 Å². The molecule has 0 amide bonds. The van der Waals surface area contributed by atoms with Gasteiger partial charge in [0.15, 0.2) is 0 Å². The van der Waals surface area contributed by atoms with E-state index < -0.39 is 0 Å². The first-order valence-corrected chi connectivity index (χ1v) is 4.95. The Balaban J connectivity index is 2.03. The number of hydrogen-bond acceptors (Lipinski definition) is 3. The lowest BCUT2D eigenvalue weighted by Crippen LogP contribution is -2.25. The summed E-state index contributed by atoms with van der Waals surface area (Å²) in [6, 6.07) is 0. The zero-order valence-electron chi connectivity index (χ0n) is 7.95. The molecule has 74 valence electrons. The molecule has 2 atom stereocenters. The normalized spacial score (nSPS) is 35.8. The first kappa shape index (κ1) is 9.00. The van der Waals surface area contributed by atoms with Gasteiger partial charge in [-0.15, -0.1) is 0 Å². The molecule has 0 unspecified atom stereocenters. The molecule has 2 saturated carbocycles. The number of aliphatic hydroxyl groups excluding tert-OH is 1. The lowest BCUT2D eigenvalue weighted by atomic mass is 9.87. The van der Waals surface area contributed by atoms with Crippen LogP contribution in [-0.4, -0.2) is 24.3 Å². The summed E-state index contributed by atoms with van der Waals surface area (Å²) in [6.07, 6.45) is 4.34. The summed E-state index contributed by atoms with van der Waals surface area (Å²) < 4.78 is 4.80. The second-order valence-corrected chi connectivity index (χ2v) is 4.31. The quantitative estimate of drug-likeness (QED) is 0.654. The molecule has 0 heterocycles. The maximum Gasteiger partial charge on any atom is 0.312 e. The lowest BCUT2D eigenvalue weighted by molar-refractivity contribution is -0.149. The van der Waals surface area contributed by atoms with E-state index in [1.165, 1.54) is 7.11 Å². The summed E-state index contributed by atoms with van der Waals surface area (Å²) in [4.78, 5) is 11.5. The molecule has 0 radical (unpaired) electrons. The van der Waals surface area contributed by atoms with Gasteiger partial charge in [-0.25, -0.2) is 0 Å². The van der Waals surface area contributed by atoms with Crippen molar-refractivity contribution in [3.05, 3.63) is 0 Å². The summed E-state index contributed by atoms with van der Waals surface area (Å²) in [5, 5.41) is 9.39. The Bertz CT molecular complexity index is 220. The maximum absolute atomic E-state index is 11.5. The fraction of sp³-hybridized carbons (Fsp3) is 0.900. The van der Waals surface area contributed by atoms with Gasteiger partial charge in [-0.3, -0.25) is 4.79 Å². The number of rotatable bonds is 2. The van der Waals surface area contributed by atoms with E-state index in [2.05, 4.69) is 0 Å². The summed E-state index contributed by atoms with van der Waals surface area (Å²) in [7, 11) is 1.45. The lowest BCUT2D eigenvalue weighted by Gasteiger charge is -2.19. The van der Waals surface area contributed by atoms with E-state index in [4.69, 9.17) is 4.74 Å². The van der Waals surface area contributed by atoms with Crippen molar-refractivity contribution in [3.8, 4) is 0 Å². The van der Waals surface area contributed by atoms with Crippen LogP contribution in [0.3, 0.4) is 0 Å². The molecule has 2 aliphatic carbocycles. The third kappa shape index (κ3) is 1.35. The molecular formula is C10H16O3. The van der Waals surface area contributed by atoms with Crippen molar-refractivity contribution >= 4 is 5.97 Å². The Morgan fingerprint density at radius 2 is 2.15 bits per heavy atom. The molecular weight excluding hydrogens is 168 g/mol. The van der Waals surface area contributed by atoms with Crippen molar-refractivity contribution in [2.24, 2.45) is 11.3 Å². The Hall–Kier alpha value is -0.570. The topological polar surface area (TPSA) is 46.5 Å². The van der Waals surface area contributed by atoms with Crippen LogP contribution in [0.2, 0.25) is 0 Å². The third-order valence-corrected chi connectivity index (χ3v) is 3.57. The molecule has 3 nitrogen and oxygen atoms in total. The largest absolute Gasteiger partial charge is 0.469 e. The van der Waals surface area contributed by atoms with Crippen LogP contribution in [0.25, 0.3) is 0 Å². The predicted octanol–water partition coefficient (Wildman–Crippen LogP) is 1.10. The summed E-state index contributed by atoms with van der Waals surface area (Å²) >= 11 is 0. The fourth-order valence-electron chi connectivity index (χ4n) is 2.58. The highest BCUT2D eigenvalue weighted by molar-refractivity contribution is 5.80. The van der Waals surface area contributed by atoms with Gasteiger partial charge < -0.3 is 9.84 Å². The van der Waals surface area contributed by atoms with Crippen LogP contribution in [0, 0.1) is 11.3 Å². The van der Waals surface area contributed by atoms with Crippen LogP contribution in [0.5, 0.6) is 0 Å². The molecule has 2 fully saturated rings. The van der Waals surface area contributed by atoms with E-state index in [1.54, 1.807) is 0 Å². The van der Waals surface area contributed by atoms with Crippen LogP contribution in [-0.2, 0) is 9.53 Å². The minimum absolute atomic E-state index is 0.0633. The third-order valence-electron chi connectivity index (χ3n) is 3.57. The Labute approximate surface area is 78.1 Å². The number of carbonyl (C=O) groups is 1. The number of esters is 1. The van der Waals surface area contributed by atoms with Gasteiger partial charge in [0.1, 0.15) is 0 Å². The molecule has 0 bridgehead atoms. The molecule has 0 saturated heterocycles. The van der Waals surface area contributed by atoms with Gasteiger partial charge in [0.25, 0.3) is 0 Å². The number of hydrogen-bond donors (Lipinski definition) is 1. The smallest absolute Gasteiger partial charge is 0.312 e. The molecule has 2 aliphatic rings. The molecule has 2 rings (SSSR count). The molecule has 0 spiro atoms. The fourth-order valence-corrected chi connectivity index (χ4v) is 2.58. The van der Waals surface area contributed by atoms with Crippen molar-refractivity contribution in [3.63, 3.8) is 0 Å². The van der Waals surface area contributed by atoms with Crippen molar-refractivity contribution in [2.45, 2.75) is 38.2 Å². The number of carbonyl (C=O) groups excluding carboxylic acids is 1. The molecule has 3 heteroatoms. The van der Waals surface area contributed by atoms with E-state index in [-0.39, 0.29) is 17.5 Å². The van der Waals surface area contributed by atoms with Crippen molar-refractivity contribution in [2.75, 3.05) is 7.11 Å². The second-order valence-electron chi connectivity index (χ2n) is 4.31. The first-order valence-electron chi connectivity index (χ1n) is 4.95. The van der Waals surface area contributed by atoms with Crippen LogP contribution in [0.1, 0.15) is 32.1 Å². The van der Waals surface area contributed by atoms with Crippen molar-refractivity contribution in [1.82, 2.24) is 0 Å². The first-order chi connectivity index (χ1) is 6.19. The highest BCUT2D eigenvalue weighted by Gasteiger charge is 2.57. The number of methoxy groups -OCH3 is 1. The SMILES string of the molecule is COC(=O)C1([C@H]2CC[C@@H](O)C2)CC1. The maximum atomic E-state index is 11.5. The summed E-state index contributed by atoms with van der Waals surface area (Å²) in [5.41, 5.74) is -0.202. The average Bonchev–Trinajstić information content (AvgIpc) is 2.83. The Morgan fingerprint density at radius 3 is 2.54 bits per heavy atom. The van der Waals surface area contributed by atoms with Crippen LogP contribution < -0.4 is 0 Å². The van der Waals surface area contributed by atoms with Crippen molar-refractivity contribution < 1.29 is 14.6 Å². The van der Waals surface area contributed by atoms with Gasteiger partial charge in [0.2, 0.25) is 0 Å². The monoisotopic (exact) mass is 184 g/mol. The van der Waals surface area contributed by atoms with Gasteiger partial charge in [-0.1, -0.05) is 0 Å². The highest BCUT2D eigenvalue weighted by atomic mass is 16.5. The van der Waals surface area contributed by atoms with Gasteiger partial charge in [-0.2, -0.15) is 0 Å². The number of aliphatic hydroxyl groups is 1.